The summed E-state index contributed by atoms with van der Waals surface area (Å²) in [5.41, 5.74) is 1.31. The molecule has 0 bridgehead atoms. The third kappa shape index (κ3) is 4.35. The molecule has 1 atom stereocenters. The van der Waals surface area contributed by atoms with Crippen LogP contribution in [0, 0.1) is 0 Å². The number of tetrazole rings is 1. The maximum absolute atomic E-state index is 4.56. The summed E-state index contributed by atoms with van der Waals surface area (Å²) < 4.78 is 2.15. The predicted octanol–water partition coefficient (Wildman–Crippen LogP) is 3.86. The molecule has 1 saturated heterocycles. The number of hydrogen-bond acceptors (Lipinski definition) is 5. The Bertz CT molecular complexity index is 746. The molecule has 6 nitrogen and oxygen atoms in total. The third-order valence-electron chi connectivity index (χ3n) is 7.10. The van der Waals surface area contributed by atoms with E-state index in [1.165, 1.54) is 70.0 Å². The minimum Gasteiger partial charge on any atom is -0.298 e. The fourth-order valence-corrected chi connectivity index (χ4v) is 5.58. The van der Waals surface area contributed by atoms with Crippen molar-refractivity contribution in [1.82, 2.24) is 30.0 Å². The molecule has 1 aliphatic heterocycles. The number of rotatable bonds is 5. The summed E-state index contributed by atoms with van der Waals surface area (Å²) in [5, 5.41) is 13.1. The molecule has 2 heterocycles. The van der Waals surface area contributed by atoms with Crippen molar-refractivity contribution in [2.24, 2.45) is 0 Å². The van der Waals surface area contributed by atoms with Crippen LogP contribution in [0.4, 0.5) is 0 Å². The van der Waals surface area contributed by atoms with E-state index in [2.05, 4.69) is 60.3 Å². The number of benzene rings is 1. The molecule has 7 heteroatoms. The highest BCUT2D eigenvalue weighted by Crippen LogP contribution is 2.35. The van der Waals surface area contributed by atoms with E-state index in [9.17, 15) is 0 Å². The zero-order valence-corrected chi connectivity index (χ0v) is 18.0. The van der Waals surface area contributed by atoms with Gasteiger partial charge in [-0.25, -0.2) is 4.68 Å². The Morgan fingerprint density at radius 3 is 2.07 bits per heavy atom. The molecule has 5 rings (SSSR count). The molecule has 0 radical (unpaired) electrons. The van der Waals surface area contributed by atoms with E-state index in [0.29, 0.717) is 6.04 Å². The predicted molar refractivity (Wildman–Crippen MR) is 116 cm³/mol. The monoisotopic (exact) mass is 416 g/mol. The van der Waals surface area contributed by atoms with Crippen LogP contribution in [0.1, 0.15) is 74.8 Å². The van der Waals surface area contributed by atoms with Crippen LogP contribution in [-0.2, 0) is 0 Å². The van der Waals surface area contributed by atoms with E-state index in [-0.39, 0.29) is 18.4 Å². The van der Waals surface area contributed by atoms with Gasteiger partial charge in [0.2, 0.25) is 0 Å². The number of hydrogen-bond donors (Lipinski definition) is 0. The number of nitrogens with zero attached hydrogens (tertiary/aromatic N) is 6. The molecule has 2 saturated carbocycles. The number of halogens is 1. The molecule has 29 heavy (non-hydrogen) atoms. The first-order valence-corrected chi connectivity index (χ1v) is 11.2. The lowest BCUT2D eigenvalue weighted by Gasteiger charge is -2.41. The fraction of sp³-hybridized carbons (Fsp3) is 0.682. The van der Waals surface area contributed by atoms with Crippen LogP contribution in [0.15, 0.2) is 30.3 Å². The Hall–Kier alpha value is -1.50. The topological polar surface area (TPSA) is 50.1 Å². The van der Waals surface area contributed by atoms with Gasteiger partial charge in [-0.15, -0.1) is 17.5 Å². The lowest BCUT2D eigenvalue weighted by atomic mass is 10.0. The van der Waals surface area contributed by atoms with Crippen molar-refractivity contribution in [3.63, 3.8) is 0 Å². The maximum atomic E-state index is 4.56. The van der Waals surface area contributed by atoms with Gasteiger partial charge in [0.25, 0.3) is 0 Å². The number of aromatic nitrogens is 4. The second kappa shape index (κ2) is 9.54. The van der Waals surface area contributed by atoms with Crippen molar-refractivity contribution in [2.75, 3.05) is 26.2 Å². The van der Waals surface area contributed by atoms with Crippen molar-refractivity contribution in [2.45, 2.75) is 69.5 Å². The first kappa shape index (κ1) is 20.8. The Balaban J connectivity index is 0.00000205. The average Bonchev–Trinajstić information content (AvgIpc) is 3.51. The van der Waals surface area contributed by atoms with E-state index in [4.69, 9.17) is 0 Å². The van der Waals surface area contributed by atoms with Crippen LogP contribution in [0.3, 0.4) is 0 Å². The van der Waals surface area contributed by atoms with Crippen LogP contribution in [0.2, 0.25) is 0 Å². The van der Waals surface area contributed by atoms with Gasteiger partial charge in [0.1, 0.15) is 0 Å². The van der Waals surface area contributed by atoms with E-state index in [1.807, 2.05) is 0 Å². The zero-order chi connectivity index (χ0) is 18.8. The first-order chi connectivity index (χ1) is 13.9. The van der Waals surface area contributed by atoms with Crippen molar-refractivity contribution in [3.8, 4) is 0 Å². The molecule has 0 spiro atoms. The molecule has 1 aromatic heterocycles. The van der Waals surface area contributed by atoms with Crippen LogP contribution in [0.5, 0.6) is 0 Å². The van der Waals surface area contributed by atoms with Crippen LogP contribution >= 0.6 is 12.4 Å². The molecule has 1 aromatic carbocycles. The van der Waals surface area contributed by atoms with Crippen LogP contribution in [0.25, 0.3) is 0 Å². The van der Waals surface area contributed by atoms with Gasteiger partial charge in [-0.05, 0) is 41.7 Å². The van der Waals surface area contributed by atoms with E-state index >= 15 is 0 Å². The Labute approximate surface area is 180 Å². The molecule has 3 fully saturated rings. The minimum atomic E-state index is 0. The van der Waals surface area contributed by atoms with Gasteiger partial charge in [-0.2, -0.15) is 0 Å². The summed E-state index contributed by atoms with van der Waals surface area (Å²) in [7, 11) is 0. The summed E-state index contributed by atoms with van der Waals surface area (Å²) in [6, 6.07) is 12.3. The molecule has 3 aliphatic rings. The SMILES string of the molecule is Cl.c1ccc(C(c2nnnn2C2CCCC2)N2CCN(C3CCCC3)CC2)cc1. The minimum absolute atomic E-state index is 0. The van der Waals surface area contributed by atoms with Gasteiger partial charge in [-0.1, -0.05) is 56.0 Å². The van der Waals surface area contributed by atoms with Crippen molar-refractivity contribution in [3.05, 3.63) is 41.7 Å². The first-order valence-electron chi connectivity index (χ1n) is 11.2. The number of piperazine rings is 1. The quantitative estimate of drug-likeness (QED) is 0.740. The Morgan fingerprint density at radius 1 is 0.793 bits per heavy atom. The molecule has 0 amide bonds. The van der Waals surface area contributed by atoms with Gasteiger partial charge in [0, 0.05) is 32.2 Å². The molecule has 158 valence electrons. The molecular formula is C22H33ClN6. The second-order valence-electron chi connectivity index (χ2n) is 8.74. The summed E-state index contributed by atoms with van der Waals surface area (Å²) in [6.07, 6.45) is 10.6. The molecule has 1 unspecified atom stereocenters. The molecule has 2 aromatic rings. The summed E-state index contributed by atoms with van der Waals surface area (Å²) in [4.78, 5) is 5.34. The van der Waals surface area contributed by atoms with E-state index in [0.717, 1.165) is 25.0 Å². The third-order valence-corrected chi connectivity index (χ3v) is 7.10. The largest absolute Gasteiger partial charge is 0.298 e. The van der Waals surface area contributed by atoms with Gasteiger partial charge in [-0.3, -0.25) is 9.80 Å². The Morgan fingerprint density at radius 2 is 1.41 bits per heavy atom. The highest BCUT2D eigenvalue weighted by atomic mass is 35.5. The van der Waals surface area contributed by atoms with Crippen molar-refractivity contribution in [1.29, 1.82) is 0 Å². The smallest absolute Gasteiger partial charge is 0.173 e. The Kier molecular flexibility index (Phi) is 6.83. The lowest BCUT2D eigenvalue weighted by molar-refractivity contribution is 0.0765. The molecular weight excluding hydrogens is 384 g/mol. The maximum Gasteiger partial charge on any atom is 0.173 e. The van der Waals surface area contributed by atoms with Crippen LogP contribution in [-0.4, -0.2) is 62.2 Å². The fourth-order valence-electron chi connectivity index (χ4n) is 5.58. The lowest BCUT2D eigenvalue weighted by Crippen LogP contribution is -2.51. The highest BCUT2D eigenvalue weighted by molar-refractivity contribution is 5.85. The van der Waals surface area contributed by atoms with Crippen molar-refractivity contribution >= 4 is 12.4 Å². The summed E-state index contributed by atoms with van der Waals surface area (Å²) in [5.74, 6) is 1.03. The van der Waals surface area contributed by atoms with E-state index in [1.54, 1.807) is 0 Å². The van der Waals surface area contributed by atoms with Crippen molar-refractivity contribution < 1.29 is 0 Å². The van der Waals surface area contributed by atoms with Crippen LogP contribution < -0.4 is 0 Å². The van der Waals surface area contributed by atoms with Gasteiger partial charge >= 0.3 is 0 Å². The standard InChI is InChI=1S/C22H32N6.ClH/c1-2-8-18(9-3-1)21(22-23-24-25-28(22)20-12-6-7-13-20)27-16-14-26(15-17-27)19-10-4-5-11-19;/h1-3,8-9,19-21H,4-7,10-17H2;1H. The highest BCUT2D eigenvalue weighted by Gasteiger charge is 2.34. The summed E-state index contributed by atoms with van der Waals surface area (Å²) >= 11 is 0. The van der Waals surface area contributed by atoms with Gasteiger partial charge in [0.15, 0.2) is 5.82 Å². The normalized spacial score (nSPS) is 23.3. The van der Waals surface area contributed by atoms with E-state index < -0.39 is 0 Å². The second-order valence-corrected chi connectivity index (χ2v) is 8.74. The van der Waals surface area contributed by atoms with Gasteiger partial charge in [0.05, 0.1) is 12.1 Å². The molecule has 2 aliphatic carbocycles. The summed E-state index contributed by atoms with van der Waals surface area (Å²) in [6.45, 7) is 4.51. The zero-order valence-electron chi connectivity index (χ0n) is 17.2. The average molecular weight is 417 g/mol. The van der Waals surface area contributed by atoms with Gasteiger partial charge < -0.3 is 0 Å². The molecule has 0 N–H and O–H groups in total.